The van der Waals surface area contributed by atoms with E-state index in [2.05, 4.69) is 12.1 Å². The summed E-state index contributed by atoms with van der Waals surface area (Å²) in [7, 11) is 0. The van der Waals surface area contributed by atoms with Crippen molar-refractivity contribution >= 4 is 12.1 Å². The van der Waals surface area contributed by atoms with Crippen molar-refractivity contribution in [2.75, 3.05) is 0 Å². The summed E-state index contributed by atoms with van der Waals surface area (Å²) in [5, 5.41) is 18.9. The number of benzene rings is 1. The molecule has 1 aliphatic carbocycles. The summed E-state index contributed by atoms with van der Waals surface area (Å²) in [6.07, 6.45) is 3.19. The highest BCUT2D eigenvalue weighted by molar-refractivity contribution is 5.68. The van der Waals surface area contributed by atoms with Gasteiger partial charge in [-0.1, -0.05) is 30.3 Å². The molecular weight excluding hydrogens is 260 g/mol. The summed E-state index contributed by atoms with van der Waals surface area (Å²) in [5.74, 6) is -0.505. The summed E-state index contributed by atoms with van der Waals surface area (Å²) >= 11 is 0. The molecule has 2 rings (SSSR count). The number of carbonyl (C=O) groups excluding carboxylic acids is 2. The number of carboxylic acid groups (broad SMARTS) is 1. The third-order valence-corrected chi connectivity index (χ3v) is 3.53. The highest BCUT2D eigenvalue weighted by atomic mass is 16.4. The van der Waals surface area contributed by atoms with E-state index in [0.29, 0.717) is 18.8 Å². The molecule has 0 radical (unpaired) electrons. The smallest absolute Gasteiger partial charge is 0.373 e. The molecule has 2 atom stereocenters. The van der Waals surface area contributed by atoms with Gasteiger partial charge < -0.3 is 10.2 Å². The van der Waals surface area contributed by atoms with Crippen molar-refractivity contribution in [1.29, 1.82) is 0 Å². The first kappa shape index (κ1) is 16.1. The van der Waals surface area contributed by atoms with Crippen LogP contribution in [0.3, 0.4) is 0 Å². The predicted octanol–water partition coefficient (Wildman–Crippen LogP) is 1.65. The molecule has 0 bridgehead atoms. The SMILES string of the molecule is O=C(O)CC1(O)CC[C@@H](Cc2ccccc2)C1.O=C=O. The summed E-state index contributed by atoms with van der Waals surface area (Å²) in [4.78, 5) is 26.9. The fourth-order valence-corrected chi connectivity index (χ4v) is 2.78. The third kappa shape index (κ3) is 5.34. The summed E-state index contributed by atoms with van der Waals surface area (Å²) in [6, 6.07) is 10.2. The average molecular weight is 278 g/mol. The van der Waals surface area contributed by atoms with Gasteiger partial charge in [-0.2, -0.15) is 9.59 Å². The molecule has 1 aromatic carbocycles. The molecule has 108 valence electrons. The highest BCUT2D eigenvalue weighted by Gasteiger charge is 2.38. The van der Waals surface area contributed by atoms with E-state index in [1.165, 1.54) is 5.56 Å². The zero-order valence-corrected chi connectivity index (χ0v) is 11.1. The van der Waals surface area contributed by atoms with Crippen LogP contribution in [0.1, 0.15) is 31.2 Å². The highest BCUT2D eigenvalue weighted by Crippen LogP contribution is 2.38. The zero-order chi connectivity index (χ0) is 15.0. The number of hydrogen-bond donors (Lipinski definition) is 2. The first-order chi connectivity index (χ1) is 9.49. The second-order valence-corrected chi connectivity index (χ2v) is 5.18. The fraction of sp³-hybridized carbons (Fsp3) is 0.467. The molecular formula is C15H18O5. The van der Waals surface area contributed by atoms with Crippen molar-refractivity contribution in [3.05, 3.63) is 35.9 Å². The summed E-state index contributed by atoms with van der Waals surface area (Å²) < 4.78 is 0. The Morgan fingerprint density at radius 1 is 1.30 bits per heavy atom. The Balaban J connectivity index is 0.000000612. The lowest BCUT2D eigenvalue weighted by Gasteiger charge is -2.20. The number of aliphatic hydroxyl groups is 1. The van der Waals surface area contributed by atoms with E-state index in [4.69, 9.17) is 14.7 Å². The lowest BCUT2D eigenvalue weighted by atomic mass is 9.93. The van der Waals surface area contributed by atoms with E-state index in [0.717, 1.165) is 12.8 Å². The molecule has 0 aromatic heterocycles. The van der Waals surface area contributed by atoms with Crippen molar-refractivity contribution in [2.45, 2.75) is 37.7 Å². The minimum absolute atomic E-state index is 0.127. The van der Waals surface area contributed by atoms with E-state index in [1.54, 1.807) is 0 Å². The van der Waals surface area contributed by atoms with Crippen LogP contribution in [0.5, 0.6) is 0 Å². The van der Waals surface area contributed by atoms with Gasteiger partial charge in [-0.15, -0.1) is 0 Å². The van der Waals surface area contributed by atoms with E-state index >= 15 is 0 Å². The first-order valence-electron chi connectivity index (χ1n) is 6.46. The van der Waals surface area contributed by atoms with Crippen LogP contribution in [-0.2, 0) is 20.8 Å². The molecule has 0 amide bonds. The molecule has 1 saturated carbocycles. The van der Waals surface area contributed by atoms with Crippen molar-refractivity contribution in [2.24, 2.45) is 5.92 Å². The average Bonchev–Trinajstić information content (AvgIpc) is 2.71. The van der Waals surface area contributed by atoms with Crippen molar-refractivity contribution in [3.63, 3.8) is 0 Å². The van der Waals surface area contributed by atoms with Gasteiger partial charge in [0.1, 0.15) is 0 Å². The van der Waals surface area contributed by atoms with E-state index in [1.807, 2.05) is 18.2 Å². The maximum atomic E-state index is 10.7. The van der Waals surface area contributed by atoms with E-state index < -0.39 is 11.6 Å². The molecule has 5 heteroatoms. The standard InChI is InChI=1S/C14H18O3.CO2/c15-13(16)10-14(17)7-6-12(9-14)8-11-4-2-1-3-5-11;2-1-3/h1-5,12,17H,6-10H2,(H,15,16);/t12-,14?;/m0./s1. The third-order valence-electron chi connectivity index (χ3n) is 3.53. The fourth-order valence-electron chi connectivity index (χ4n) is 2.78. The monoisotopic (exact) mass is 278 g/mol. The molecule has 0 saturated heterocycles. The minimum atomic E-state index is -0.981. The van der Waals surface area contributed by atoms with Crippen LogP contribution in [0.15, 0.2) is 30.3 Å². The second-order valence-electron chi connectivity index (χ2n) is 5.18. The van der Waals surface area contributed by atoms with Crippen molar-refractivity contribution in [1.82, 2.24) is 0 Å². The number of hydrogen-bond acceptors (Lipinski definition) is 4. The number of carboxylic acids is 1. The van der Waals surface area contributed by atoms with Crippen LogP contribution >= 0.6 is 0 Å². The van der Waals surface area contributed by atoms with Gasteiger partial charge in [0.25, 0.3) is 0 Å². The van der Waals surface area contributed by atoms with E-state index in [9.17, 15) is 9.90 Å². The van der Waals surface area contributed by atoms with Gasteiger partial charge in [0.15, 0.2) is 0 Å². The number of carbonyl (C=O) groups is 1. The van der Waals surface area contributed by atoms with Gasteiger partial charge >= 0.3 is 12.1 Å². The first-order valence-corrected chi connectivity index (χ1v) is 6.46. The van der Waals surface area contributed by atoms with E-state index in [-0.39, 0.29) is 12.6 Å². The minimum Gasteiger partial charge on any atom is -0.481 e. The van der Waals surface area contributed by atoms with Gasteiger partial charge in [0.2, 0.25) is 0 Å². The molecule has 2 N–H and O–H groups in total. The number of aliphatic carboxylic acids is 1. The molecule has 1 aromatic rings. The second kappa shape index (κ2) is 7.58. The molecule has 1 fully saturated rings. The maximum absolute atomic E-state index is 10.7. The van der Waals surface area contributed by atoms with Crippen LogP contribution in [0.25, 0.3) is 0 Å². The molecule has 1 unspecified atom stereocenters. The quantitative estimate of drug-likeness (QED) is 0.873. The van der Waals surface area contributed by atoms with Crippen LogP contribution in [0.2, 0.25) is 0 Å². The Bertz CT molecular complexity index is 464. The molecule has 0 aliphatic heterocycles. The Labute approximate surface area is 117 Å². The van der Waals surface area contributed by atoms with Gasteiger partial charge in [-0.3, -0.25) is 4.79 Å². The van der Waals surface area contributed by atoms with Crippen LogP contribution < -0.4 is 0 Å². The van der Waals surface area contributed by atoms with Gasteiger partial charge in [0, 0.05) is 0 Å². The Morgan fingerprint density at radius 3 is 2.45 bits per heavy atom. The Kier molecular flexibility index (Phi) is 6.10. The van der Waals surface area contributed by atoms with Crippen LogP contribution in [0, 0.1) is 5.92 Å². The maximum Gasteiger partial charge on any atom is 0.373 e. The van der Waals surface area contributed by atoms with Crippen molar-refractivity contribution in [3.8, 4) is 0 Å². The predicted molar refractivity (Wildman–Crippen MR) is 69.7 cm³/mol. The summed E-state index contributed by atoms with van der Waals surface area (Å²) in [5.41, 5.74) is 0.280. The van der Waals surface area contributed by atoms with Crippen LogP contribution in [0.4, 0.5) is 0 Å². The van der Waals surface area contributed by atoms with Crippen LogP contribution in [-0.4, -0.2) is 27.9 Å². The Hall–Kier alpha value is -1.97. The topological polar surface area (TPSA) is 91.7 Å². The lowest BCUT2D eigenvalue weighted by Crippen LogP contribution is -2.28. The summed E-state index contributed by atoms with van der Waals surface area (Å²) in [6.45, 7) is 0. The van der Waals surface area contributed by atoms with Crippen molar-refractivity contribution < 1.29 is 24.6 Å². The van der Waals surface area contributed by atoms with Gasteiger partial charge in [-0.05, 0) is 37.2 Å². The lowest BCUT2D eigenvalue weighted by molar-refractivity contribution is -0.191. The number of rotatable bonds is 4. The molecule has 20 heavy (non-hydrogen) atoms. The van der Waals surface area contributed by atoms with Gasteiger partial charge in [-0.25, -0.2) is 0 Å². The molecule has 0 spiro atoms. The largest absolute Gasteiger partial charge is 0.481 e. The molecule has 0 heterocycles. The molecule has 5 nitrogen and oxygen atoms in total. The Morgan fingerprint density at radius 2 is 1.90 bits per heavy atom. The van der Waals surface area contributed by atoms with Gasteiger partial charge in [0.05, 0.1) is 12.0 Å². The normalized spacial score (nSPS) is 24.4. The zero-order valence-electron chi connectivity index (χ0n) is 11.1. The molecule has 1 aliphatic rings.